The number of nitriles is 1. The van der Waals surface area contributed by atoms with Crippen molar-refractivity contribution in [1.29, 1.82) is 5.26 Å². The Bertz CT molecular complexity index is 319. The van der Waals surface area contributed by atoms with Gasteiger partial charge in [0.05, 0.1) is 11.6 Å². The molecule has 1 aromatic carbocycles. The molecule has 1 atom stereocenters. The van der Waals surface area contributed by atoms with Gasteiger partial charge in [0.25, 0.3) is 0 Å². The van der Waals surface area contributed by atoms with Crippen LogP contribution < -0.4 is 5.32 Å². The second-order valence-corrected chi connectivity index (χ2v) is 2.86. The Morgan fingerprint density at radius 2 is 2.08 bits per heavy atom. The van der Waals surface area contributed by atoms with Crippen LogP contribution in [0, 0.1) is 11.3 Å². The van der Waals surface area contributed by atoms with Gasteiger partial charge >= 0.3 is 0 Å². The number of nitrogens with zero attached hydrogens (tertiary/aromatic N) is 1. The molecule has 2 nitrogen and oxygen atoms in total. The van der Waals surface area contributed by atoms with Gasteiger partial charge in [-0.05, 0) is 31.2 Å². The summed E-state index contributed by atoms with van der Waals surface area (Å²) in [7, 11) is 0. The van der Waals surface area contributed by atoms with Gasteiger partial charge in [0.1, 0.15) is 0 Å². The summed E-state index contributed by atoms with van der Waals surface area (Å²) in [4.78, 5) is 0. The van der Waals surface area contributed by atoms with E-state index in [1.54, 1.807) is 12.1 Å². The first-order chi connectivity index (χ1) is 6.26. The smallest absolute Gasteiger partial charge is 0.0991 e. The normalized spacial score (nSPS) is 11.4. The molecule has 1 aromatic rings. The lowest BCUT2D eigenvalue weighted by molar-refractivity contribution is 1.00. The minimum atomic E-state index is 0.243. The quantitative estimate of drug-likeness (QED) is 0.711. The van der Waals surface area contributed by atoms with Crippen molar-refractivity contribution >= 4 is 5.69 Å². The molecule has 0 amide bonds. The number of hydrogen-bond acceptors (Lipinski definition) is 2. The second-order valence-electron chi connectivity index (χ2n) is 2.86. The Labute approximate surface area is 78.5 Å². The van der Waals surface area contributed by atoms with Crippen molar-refractivity contribution < 1.29 is 0 Å². The van der Waals surface area contributed by atoms with E-state index in [2.05, 4.69) is 18.0 Å². The van der Waals surface area contributed by atoms with Crippen molar-refractivity contribution in [2.45, 2.75) is 13.0 Å². The molecule has 0 spiro atoms. The molecule has 0 aliphatic rings. The molecule has 0 aliphatic carbocycles. The number of hydrogen-bond donors (Lipinski definition) is 1. The van der Waals surface area contributed by atoms with Crippen LogP contribution in [0.1, 0.15) is 12.5 Å². The fourth-order valence-corrected chi connectivity index (χ4v) is 0.963. The molecule has 0 heterocycles. The molecule has 0 saturated heterocycles. The molecule has 0 fully saturated rings. The second kappa shape index (κ2) is 4.32. The predicted molar refractivity (Wildman–Crippen MR) is 54.4 cm³/mol. The lowest BCUT2D eigenvalue weighted by Gasteiger charge is -2.09. The van der Waals surface area contributed by atoms with Gasteiger partial charge in [0.2, 0.25) is 0 Å². The van der Waals surface area contributed by atoms with Crippen LogP contribution in [0.2, 0.25) is 0 Å². The lowest BCUT2D eigenvalue weighted by atomic mass is 10.2. The highest BCUT2D eigenvalue weighted by Crippen LogP contribution is 2.09. The van der Waals surface area contributed by atoms with E-state index in [0.29, 0.717) is 5.56 Å². The van der Waals surface area contributed by atoms with Crippen LogP contribution in [0.15, 0.2) is 36.9 Å². The van der Waals surface area contributed by atoms with Crippen LogP contribution in [0.5, 0.6) is 0 Å². The average molecular weight is 172 g/mol. The van der Waals surface area contributed by atoms with Gasteiger partial charge in [-0.15, -0.1) is 6.58 Å². The third-order valence-electron chi connectivity index (χ3n) is 1.76. The van der Waals surface area contributed by atoms with Crippen LogP contribution in [0.4, 0.5) is 5.69 Å². The Kier molecular flexibility index (Phi) is 3.10. The highest BCUT2D eigenvalue weighted by Gasteiger charge is 1.95. The van der Waals surface area contributed by atoms with Crippen LogP contribution in [0.25, 0.3) is 0 Å². The van der Waals surface area contributed by atoms with E-state index >= 15 is 0 Å². The zero-order valence-corrected chi connectivity index (χ0v) is 7.62. The third-order valence-corrected chi connectivity index (χ3v) is 1.76. The van der Waals surface area contributed by atoms with Gasteiger partial charge in [-0.25, -0.2) is 0 Å². The Hall–Kier alpha value is -1.75. The van der Waals surface area contributed by atoms with E-state index < -0.39 is 0 Å². The van der Waals surface area contributed by atoms with E-state index in [-0.39, 0.29) is 6.04 Å². The molecule has 0 aliphatic heterocycles. The molecule has 0 radical (unpaired) electrons. The van der Waals surface area contributed by atoms with E-state index in [1.165, 1.54) is 0 Å². The fraction of sp³-hybridized carbons (Fsp3) is 0.182. The van der Waals surface area contributed by atoms with Gasteiger partial charge in [-0.3, -0.25) is 0 Å². The van der Waals surface area contributed by atoms with Crippen molar-refractivity contribution in [3.63, 3.8) is 0 Å². The van der Waals surface area contributed by atoms with Gasteiger partial charge < -0.3 is 5.32 Å². The first-order valence-electron chi connectivity index (χ1n) is 4.15. The maximum absolute atomic E-state index is 8.57. The minimum Gasteiger partial charge on any atom is -0.379 e. The van der Waals surface area contributed by atoms with E-state index in [4.69, 9.17) is 5.26 Å². The van der Waals surface area contributed by atoms with Crippen molar-refractivity contribution in [2.24, 2.45) is 0 Å². The summed E-state index contributed by atoms with van der Waals surface area (Å²) in [6.45, 7) is 5.69. The summed E-state index contributed by atoms with van der Waals surface area (Å²) in [5.41, 5.74) is 1.68. The average Bonchev–Trinajstić information content (AvgIpc) is 2.19. The van der Waals surface area contributed by atoms with Crippen LogP contribution in [-0.2, 0) is 0 Å². The summed E-state index contributed by atoms with van der Waals surface area (Å²) < 4.78 is 0. The molecule has 66 valence electrons. The first kappa shape index (κ1) is 9.34. The summed E-state index contributed by atoms with van der Waals surface area (Å²) in [5.74, 6) is 0. The molecule has 1 rings (SSSR count). The molecule has 2 heteroatoms. The maximum Gasteiger partial charge on any atom is 0.0991 e. The summed E-state index contributed by atoms with van der Waals surface area (Å²) in [5, 5.41) is 11.8. The zero-order chi connectivity index (χ0) is 9.68. The first-order valence-corrected chi connectivity index (χ1v) is 4.15. The molecule has 0 aromatic heterocycles. The van der Waals surface area contributed by atoms with Gasteiger partial charge in [0.15, 0.2) is 0 Å². The van der Waals surface area contributed by atoms with Crippen LogP contribution in [-0.4, -0.2) is 6.04 Å². The topological polar surface area (TPSA) is 35.8 Å². The van der Waals surface area contributed by atoms with Gasteiger partial charge in [0, 0.05) is 11.7 Å². The zero-order valence-electron chi connectivity index (χ0n) is 7.62. The highest BCUT2D eigenvalue weighted by atomic mass is 14.9. The summed E-state index contributed by atoms with van der Waals surface area (Å²) >= 11 is 0. The molecular formula is C11H12N2. The predicted octanol–water partition coefficient (Wildman–Crippen LogP) is 2.54. The molecular weight excluding hydrogens is 160 g/mol. The Morgan fingerprint density at radius 1 is 1.46 bits per heavy atom. The molecule has 0 bridgehead atoms. The largest absolute Gasteiger partial charge is 0.379 e. The van der Waals surface area contributed by atoms with Gasteiger partial charge in [-0.2, -0.15) is 5.26 Å². The van der Waals surface area contributed by atoms with E-state index in [1.807, 2.05) is 25.1 Å². The third kappa shape index (κ3) is 2.64. The lowest BCUT2D eigenvalue weighted by Crippen LogP contribution is -2.10. The van der Waals surface area contributed by atoms with Crippen molar-refractivity contribution in [3.8, 4) is 6.07 Å². The summed E-state index contributed by atoms with van der Waals surface area (Å²) in [6, 6.07) is 9.67. The van der Waals surface area contributed by atoms with Crippen molar-refractivity contribution in [1.82, 2.24) is 0 Å². The SMILES string of the molecule is C=CC(C)Nc1ccc(C#N)cc1. The monoisotopic (exact) mass is 172 g/mol. The summed E-state index contributed by atoms with van der Waals surface area (Å²) in [6.07, 6.45) is 1.83. The van der Waals surface area contributed by atoms with E-state index in [0.717, 1.165) is 5.69 Å². The molecule has 0 saturated carbocycles. The number of benzene rings is 1. The number of nitrogens with one attached hydrogen (secondary N) is 1. The van der Waals surface area contributed by atoms with Gasteiger partial charge in [-0.1, -0.05) is 6.08 Å². The Morgan fingerprint density at radius 3 is 2.54 bits per heavy atom. The number of rotatable bonds is 3. The minimum absolute atomic E-state index is 0.243. The number of anilines is 1. The van der Waals surface area contributed by atoms with Crippen molar-refractivity contribution in [2.75, 3.05) is 5.32 Å². The van der Waals surface area contributed by atoms with Crippen LogP contribution >= 0.6 is 0 Å². The van der Waals surface area contributed by atoms with E-state index in [9.17, 15) is 0 Å². The highest BCUT2D eigenvalue weighted by molar-refractivity contribution is 5.48. The van der Waals surface area contributed by atoms with Crippen molar-refractivity contribution in [3.05, 3.63) is 42.5 Å². The maximum atomic E-state index is 8.57. The molecule has 13 heavy (non-hydrogen) atoms. The fourth-order valence-electron chi connectivity index (χ4n) is 0.963. The Balaban J connectivity index is 2.70. The molecule has 1 N–H and O–H groups in total. The standard InChI is InChI=1S/C11H12N2/c1-3-9(2)13-11-6-4-10(8-12)5-7-11/h3-7,9,13H,1H2,2H3. The molecule has 1 unspecified atom stereocenters. The van der Waals surface area contributed by atoms with Crippen LogP contribution in [0.3, 0.4) is 0 Å².